The zero-order valence-corrected chi connectivity index (χ0v) is 12.9. The van der Waals surface area contributed by atoms with Gasteiger partial charge in [-0.25, -0.2) is 9.07 Å². The molecule has 1 heterocycles. The van der Waals surface area contributed by atoms with E-state index < -0.39 is 5.91 Å². The molecule has 0 unspecified atom stereocenters. The average molecular weight is 323 g/mol. The summed E-state index contributed by atoms with van der Waals surface area (Å²) < 4.78 is 14.4. The number of anilines is 1. The van der Waals surface area contributed by atoms with Crippen LogP contribution in [0, 0.1) is 5.82 Å². The number of hydrogen-bond acceptors (Lipinski definition) is 3. The van der Waals surface area contributed by atoms with E-state index in [1.807, 2.05) is 0 Å². The molecule has 24 heavy (non-hydrogen) atoms. The molecule has 1 N–H and O–H groups in total. The Bertz CT molecular complexity index is 901. The van der Waals surface area contributed by atoms with Gasteiger partial charge in [0.15, 0.2) is 11.5 Å². The minimum absolute atomic E-state index is 0.0771. The fourth-order valence-corrected chi connectivity index (χ4v) is 2.19. The molecular formula is C18H14FN3O2. The van der Waals surface area contributed by atoms with Crippen LogP contribution in [0.25, 0.3) is 5.69 Å². The van der Waals surface area contributed by atoms with Crippen LogP contribution in [0.4, 0.5) is 10.1 Å². The molecule has 0 aliphatic carbocycles. The molecule has 3 rings (SSSR count). The number of carbonyl (C=O) groups excluding carboxylic acids is 2. The van der Waals surface area contributed by atoms with Crippen molar-refractivity contribution in [2.75, 3.05) is 5.32 Å². The summed E-state index contributed by atoms with van der Waals surface area (Å²) in [6.07, 6.45) is 1.62. The normalized spacial score (nSPS) is 10.4. The second-order valence-electron chi connectivity index (χ2n) is 5.21. The highest BCUT2D eigenvalue weighted by molar-refractivity contribution is 6.03. The number of carbonyl (C=O) groups is 2. The Kier molecular flexibility index (Phi) is 4.20. The maximum atomic E-state index is 12.9. The van der Waals surface area contributed by atoms with E-state index in [2.05, 4.69) is 10.4 Å². The molecule has 1 amide bonds. The number of nitrogens with one attached hydrogen (secondary N) is 1. The van der Waals surface area contributed by atoms with Gasteiger partial charge in [0.1, 0.15) is 5.82 Å². The molecular weight excluding hydrogens is 309 g/mol. The van der Waals surface area contributed by atoms with Gasteiger partial charge in [0.25, 0.3) is 5.91 Å². The standard InChI is InChI=1S/C18H14FN3O2/c1-12(23)13-3-2-4-15(11-13)20-18(24)17-9-10-22(21-17)16-7-5-14(19)6-8-16/h2-11H,1H3,(H,20,24). The number of Topliss-reactive ketones (excluding diaryl/α,β-unsaturated/α-hetero) is 1. The zero-order chi connectivity index (χ0) is 17.1. The number of rotatable bonds is 4. The van der Waals surface area contributed by atoms with E-state index in [4.69, 9.17) is 0 Å². The minimum atomic E-state index is -0.392. The van der Waals surface area contributed by atoms with Gasteiger partial charge in [-0.3, -0.25) is 9.59 Å². The molecule has 0 aliphatic rings. The van der Waals surface area contributed by atoms with E-state index in [9.17, 15) is 14.0 Å². The van der Waals surface area contributed by atoms with Crippen molar-refractivity contribution < 1.29 is 14.0 Å². The first-order chi connectivity index (χ1) is 11.5. The van der Waals surface area contributed by atoms with Crippen LogP contribution in [0.5, 0.6) is 0 Å². The van der Waals surface area contributed by atoms with Gasteiger partial charge in [-0.15, -0.1) is 0 Å². The van der Waals surface area contributed by atoms with Crippen molar-refractivity contribution in [1.82, 2.24) is 9.78 Å². The van der Waals surface area contributed by atoms with Crippen molar-refractivity contribution in [2.45, 2.75) is 6.92 Å². The lowest BCUT2D eigenvalue weighted by Gasteiger charge is -2.05. The van der Waals surface area contributed by atoms with Gasteiger partial charge >= 0.3 is 0 Å². The summed E-state index contributed by atoms with van der Waals surface area (Å²) in [4.78, 5) is 23.6. The van der Waals surface area contributed by atoms with Crippen LogP contribution in [0.1, 0.15) is 27.8 Å². The van der Waals surface area contributed by atoms with Crippen molar-refractivity contribution in [3.63, 3.8) is 0 Å². The van der Waals surface area contributed by atoms with E-state index in [1.165, 1.54) is 23.7 Å². The van der Waals surface area contributed by atoms with Crippen molar-refractivity contribution in [1.29, 1.82) is 0 Å². The van der Waals surface area contributed by atoms with Crippen LogP contribution in [0.3, 0.4) is 0 Å². The third kappa shape index (κ3) is 3.38. The third-order valence-corrected chi connectivity index (χ3v) is 3.44. The van der Waals surface area contributed by atoms with E-state index in [0.717, 1.165) is 0 Å². The largest absolute Gasteiger partial charge is 0.321 e. The Morgan fingerprint density at radius 2 is 1.83 bits per heavy atom. The van der Waals surface area contributed by atoms with Gasteiger partial charge in [-0.2, -0.15) is 5.10 Å². The summed E-state index contributed by atoms with van der Waals surface area (Å²) in [5.41, 5.74) is 1.90. The van der Waals surface area contributed by atoms with Gasteiger partial charge in [0, 0.05) is 17.4 Å². The fraction of sp³-hybridized carbons (Fsp3) is 0.0556. The summed E-state index contributed by atoms with van der Waals surface area (Å²) in [5.74, 6) is -0.808. The maximum absolute atomic E-state index is 12.9. The SMILES string of the molecule is CC(=O)c1cccc(NC(=O)c2ccn(-c3ccc(F)cc3)n2)c1. The molecule has 0 atom stereocenters. The highest BCUT2D eigenvalue weighted by Gasteiger charge is 2.11. The predicted molar refractivity (Wildman–Crippen MR) is 87.9 cm³/mol. The lowest BCUT2D eigenvalue weighted by atomic mass is 10.1. The first-order valence-electron chi connectivity index (χ1n) is 7.27. The second kappa shape index (κ2) is 6.45. The van der Waals surface area contributed by atoms with Crippen LogP contribution in [0.2, 0.25) is 0 Å². The summed E-state index contributed by atoms with van der Waals surface area (Å²) in [6.45, 7) is 1.46. The molecule has 0 radical (unpaired) electrons. The van der Waals surface area contributed by atoms with Gasteiger partial charge in [0.05, 0.1) is 5.69 Å². The van der Waals surface area contributed by atoms with Gasteiger partial charge < -0.3 is 5.32 Å². The number of hydrogen-bond donors (Lipinski definition) is 1. The number of ketones is 1. The molecule has 0 aliphatic heterocycles. The molecule has 120 valence electrons. The highest BCUT2D eigenvalue weighted by atomic mass is 19.1. The van der Waals surface area contributed by atoms with Crippen molar-refractivity contribution >= 4 is 17.4 Å². The Balaban J connectivity index is 1.77. The van der Waals surface area contributed by atoms with E-state index >= 15 is 0 Å². The van der Waals surface area contributed by atoms with Crippen LogP contribution in [-0.4, -0.2) is 21.5 Å². The molecule has 0 spiro atoms. The minimum Gasteiger partial charge on any atom is -0.321 e. The van der Waals surface area contributed by atoms with Gasteiger partial charge in [-0.05, 0) is 49.4 Å². The first kappa shape index (κ1) is 15.6. The average Bonchev–Trinajstić information content (AvgIpc) is 3.06. The molecule has 0 saturated carbocycles. The monoisotopic (exact) mass is 323 g/mol. The molecule has 6 heteroatoms. The van der Waals surface area contributed by atoms with E-state index in [-0.39, 0.29) is 17.3 Å². The van der Waals surface area contributed by atoms with Gasteiger partial charge in [0.2, 0.25) is 0 Å². The molecule has 3 aromatic rings. The fourth-order valence-electron chi connectivity index (χ4n) is 2.19. The Hall–Kier alpha value is -3.28. The topological polar surface area (TPSA) is 64.0 Å². The summed E-state index contributed by atoms with van der Waals surface area (Å²) in [7, 11) is 0. The Morgan fingerprint density at radius 1 is 1.08 bits per heavy atom. The highest BCUT2D eigenvalue weighted by Crippen LogP contribution is 2.13. The number of nitrogens with zero attached hydrogens (tertiary/aromatic N) is 2. The second-order valence-corrected chi connectivity index (χ2v) is 5.21. The van der Waals surface area contributed by atoms with Crippen molar-refractivity contribution in [3.05, 3.63) is 77.9 Å². The third-order valence-electron chi connectivity index (χ3n) is 3.44. The molecule has 5 nitrogen and oxygen atoms in total. The molecule has 2 aromatic carbocycles. The summed E-state index contributed by atoms with van der Waals surface area (Å²) in [5, 5.41) is 6.88. The lowest BCUT2D eigenvalue weighted by Crippen LogP contribution is -2.13. The molecule has 0 fully saturated rings. The smallest absolute Gasteiger partial charge is 0.276 e. The van der Waals surface area contributed by atoms with Crippen LogP contribution >= 0.6 is 0 Å². The van der Waals surface area contributed by atoms with E-state index in [0.29, 0.717) is 16.9 Å². The molecule has 1 aromatic heterocycles. The van der Waals surface area contributed by atoms with Crippen molar-refractivity contribution in [2.24, 2.45) is 0 Å². The van der Waals surface area contributed by atoms with Crippen LogP contribution < -0.4 is 5.32 Å². The Morgan fingerprint density at radius 3 is 2.54 bits per heavy atom. The molecule has 0 bridgehead atoms. The number of amides is 1. The number of halogens is 1. The maximum Gasteiger partial charge on any atom is 0.276 e. The van der Waals surface area contributed by atoms with Crippen LogP contribution in [-0.2, 0) is 0 Å². The predicted octanol–water partition coefficient (Wildman–Crippen LogP) is 3.47. The quantitative estimate of drug-likeness (QED) is 0.748. The number of benzene rings is 2. The summed E-state index contributed by atoms with van der Waals surface area (Å²) in [6, 6.07) is 14.0. The van der Waals surface area contributed by atoms with Crippen LogP contribution in [0.15, 0.2) is 60.8 Å². The lowest BCUT2D eigenvalue weighted by molar-refractivity contribution is 0.100. The first-order valence-corrected chi connectivity index (χ1v) is 7.27. The summed E-state index contributed by atoms with van der Waals surface area (Å²) >= 11 is 0. The van der Waals surface area contributed by atoms with E-state index in [1.54, 1.807) is 48.7 Å². The molecule has 0 saturated heterocycles. The zero-order valence-electron chi connectivity index (χ0n) is 12.9. The Labute approximate surface area is 137 Å². The van der Waals surface area contributed by atoms with Crippen molar-refractivity contribution in [3.8, 4) is 5.69 Å². The number of aromatic nitrogens is 2. The van der Waals surface area contributed by atoms with Gasteiger partial charge in [-0.1, -0.05) is 12.1 Å².